The summed E-state index contributed by atoms with van der Waals surface area (Å²) >= 11 is 0. The van der Waals surface area contributed by atoms with Crippen LogP contribution in [0, 0.1) is 0 Å². The summed E-state index contributed by atoms with van der Waals surface area (Å²) < 4.78 is 0. The van der Waals surface area contributed by atoms with Crippen molar-refractivity contribution in [3.8, 4) is 0 Å². The second kappa shape index (κ2) is 2.15. The first kappa shape index (κ1) is 9.27. The minimum Gasteiger partial charge on any atom is -0.477 e. The van der Waals surface area contributed by atoms with Gasteiger partial charge in [0.05, 0.1) is 0 Å². The number of hydrogen-bond acceptors (Lipinski definition) is 6. The Balaban J connectivity index is 4.57. The van der Waals surface area contributed by atoms with Crippen molar-refractivity contribution in [2.45, 2.75) is 11.7 Å². The summed E-state index contributed by atoms with van der Waals surface area (Å²) in [5, 5.41) is 40.7. The molecule has 0 radical (unpaired) electrons. The minimum absolute atomic E-state index is 2.25. The third kappa shape index (κ3) is 1.40. The lowest BCUT2D eigenvalue weighted by Crippen LogP contribution is -2.65. The molecule has 7 heteroatoms. The van der Waals surface area contributed by atoms with Crippen molar-refractivity contribution in [1.29, 1.82) is 0 Å². The van der Waals surface area contributed by atoms with Crippen LogP contribution in [0.5, 0.6) is 0 Å². The molecule has 0 amide bonds. The highest BCUT2D eigenvalue weighted by molar-refractivity contribution is 5.76. The van der Waals surface area contributed by atoms with E-state index in [4.69, 9.17) is 25.5 Å². The van der Waals surface area contributed by atoms with Crippen LogP contribution in [0.3, 0.4) is 0 Å². The summed E-state index contributed by atoms with van der Waals surface area (Å²) in [5.74, 6) is -9.58. The smallest absolute Gasteiger partial charge is 0.371 e. The van der Waals surface area contributed by atoms with E-state index in [-0.39, 0.29) is 0 Å². The number of carboxylic acid groups (broad SMARTS) is 1. The minimum atomic E-state index is -3.76. The standard InChI is InChI=1S/C3H7NO6/c4-3(9,10)2(7,8)1(5)6/h7-10H,4H2,(H,5,6). The van der Waals surface area contributed by atoms with E-state index >= 15 is 0 Å². The lowest BCUT2D eigenvalue weighted by molar-refractivity contribution is -0.341. The number of hydrogen-bond donors (Lipinski definition) is 6. The zero-order valence-electron chi connectivity index (χ0n) is 4.72. The SMILES string of the molecule is NC(O)(O)C(O)(O)C(=O)O. The second-order valence-electron chi connectivity index (χ2n) is 1.70. The van der Waals surface area contributed by atoms with Gasteiger partial charge in [0.25, 0.3) is 5.91 Å². The number of carboxylic acids is 1. The molecule has 0 saturated heterocycles. The largest absolute Gasteiger partial charge is 0.477 e. The van der Waals surface area contributed by atoms with Crippen molar-refractivity contribution in [2.75, 3.05) is 0 Å². The van der Waals surface area contributed by atoms with Crippen molar-refractivity contribution in [1.82, 2.24) is 0 Å². The van der Waals surface area contributed by atoms with E-state index in [0.29, 0.717) is 0 Å². The molecule has 10 heavy (non-hydrogen) atoms. The van der Waals surface area contributed by atoms with Crippen molar-refractivity contribution in [3.05, 3.63) is 0 Å². The Morgan fingerprint density at radius 1 is 1.20 bits per heavy atom. The van der Waals surface area contributed by atoms with Gasteiger partial charge in [-0.1, -0.05) is 0 Å². The van der Waals surface area contributed by atoms with Gasteiger partial charge in [-0.25, -0.2) is 4.79 Å². The zero-order chi connectivity index (χ0) is 8.58. The van der Waals surface area contributed by atoms with Gasteiger partial charge in [0, 0.05) is 0 Å². The molecule has 0 heterocycles. The average molecular weight is 153 g/mol. The van der Waals surface area contributed by atoms with Crippen LogP contribution >= 0.6 is 0 Å². The first-order valence-electron chi connectivity index (χ1n) is 2.11. The van der Waals surface area contributed by atoms with Crippen LogP contribution < -0.4 is 5.73 Å². The van der Waals surface area contributed by atoms with Gasteiger partial charge in [0.15, 0.2) is 0 Å². The predicted molar refractivity (Wildman–Crippen MR) is 26.2 cm³/mol. The molecule has 0 spiro atoms. The van der Waals surface area contributed by atoms with Gasteiger partial charge in [-0.05, 0) is 0 Å². The summed E-state index contributed by atoms with van der Waals surface area (Å²) in [7, 11) is 0. The molecule has 0 atom stereocenters. The van der Waals surface area contributed by atoms with Crippen molar-refractivity contribution < 1.29 is 30.3 Å². The molecule has 0 saturated carbocycles. The van der Waals surface area contributed by atoms with E-state index in [1.807, 2.05) is 0 Å². The Kier molecular flexibility index (Phi) is 1.99. The highest BCUT2D eigenvalue weighted by atomic mass is 16.6. The third-order valence-electron chi connectivity index (χ3n) is 0.811. The van der Waals surface area contributed by atoms with Gasteiger partial charge in [-0.2, -0.15) is 0 Å². The Morgan fingerprint density at radius 3 is 1.50 bits per heavy atom. The lowest BCUT2D eigenvalue weighted by atomic mass is 10.2. The topological polar surface area (TPSA) is 144 Å². The van der Waals surface area contributed by atoms with Gasteiger partial charge in [-0.15, -0.1) is 0 Å². The average Bonchev–Trinajstić information content (AvgIpc) is 1.62. The van der Waals surface area contributed by atoms with Crippen LogP contribution in [0.2, 0.25) is 0 Å². The molecule has 60 valence electrons. The van der Waals surface area contributed by atoms with Gasteiger partial charge in [0.2, 0.25) is 0 Å². The Labute approximate surface area is 54.9 Å². The van der Waals surface area contributed by atoms with Crippen LogP contribution in [0.4, 0.5) is 0 Å². The number of aliphatic carboxylic acids is 1. The molecular weight excluding hydrogens is 146 g/mol. The van der Waals surface area contributed by atoms with Crippen LogP contribution in [0.1, 0.15) is 0 Å². The number of aliphatic hydroxyl groups is 4. The Morgan fingerprint density at radius 2 is 1.50 bits per heavy atom. The van der Waals surface area contributed by atoms with Crippen molar-refractivity contribution >= 4 is 5.97 Å². The first-order chi connectivity index (χ1) is 4.19. The van der Waals surface area contributed by atoms with Crippen LogP contribution in [-0.2, 0) is 4.79 Å². The highest BCUT2D eigenvalue weighted by Crippen LogP contribution is 2.10. The quantitative estimate of drug-likeness (QED) is 0.224. The van der Waals surface area contributed by atoms with Gasteiger partial charge < -0.3 is 25.5 Å². The molecule has 0 aromatic heterocycles. The summed E-state index contributed by atoms with van der Waals surface area (Å²) in [6.45, 7) is 0. The molecule has 0 rings (SSSR count). The summed E-state index contributed by atoms with van der Waals surface area (Å²) in [6.07, 6.45) is 0. The maximum atomic E-state index is 9.77. The molecule has 7 nitrogen and oxygen atoms in total. The van der Waals surface area contributed by atoms with Crippen LogP contribution in [-0.4, -0.2) is 43.2 Å². The van der Waals surface area contributed by atoms with Crippen LogP contribution in [0.25, 0.3) is 0 Å². The molecule has 0 aliphatic rings. The maximum Gasteiger partial charge on any atom is 0.371 e. The molecule has 0 aliphatic carbocycles. The number of carbonyl (C=O) groups is 1. The van der Waals surface area contributed by atoms with E-state index in [2.05, 4.69) is 5.73 Å². The lowest BCUT2D eigenvalue weighted by Gasteiger charge is -2.26. The van der Waals surface area contributed by atoms with E-state index in [1.54, 1.807) is 0 Å². The van der Waals surface area contributed by atoms with Crippen molar-refractivity contribution in [2.24, 2.45) is 5.73 Å². The monoisotopic (exact) mass is 153 g/mol. The van der Waals surface area contributed by atoms with Crippen LogP contribution in [0.15, 0.2) is 0 Å². The van der Waals surface area contributed by atoms with Gasteiger partial charge in [0.1, 0.15) is 0 Å². The first-order valence-corrected chi connectivity index (χ1v) is 2.11. The fraction of sp³-hybridized carbons (Fsp3) is 0.667. The van der Waals surface area contributed by atoms with Gasteiger partial charge >= 0.3 is 11.8 Å². The highest BCUT2D eigenvalue weighted by Gasteiger charge is 2.51. The molecule has 0 aliphatic heterocycles. The molecule has 0 fully saturated rings. The summed E-state index contributed by atoms with van der Waals surface area (Å²) in [6, 6.07) is 0. The fourth-order valence-electron chi connectivity index (χ4n) is 0.157. The number of rotatable bonds is 2. The molecule has 7 N–H and O–H groups in total. The summed E-state index contributed by atoms with van der Waals surface area (Å²) in [4.78, 5) is 9.77. The number of nitrogens with two attached hydrogens (primary N) is 1. The molecule has 0 aromatic carbocycles. The Hall–Kier alpha value is -0.730. The van der Waals surface area contributed by atoms with E-state index in [1.165, 1.54) is 0 Å². The third-order valence-corrected chi connectivity index (χ3v) is 0.811. The van der Waals surface area contributed by atoms with E-state index in [9.17, 15) is 4.79 Å². The fourth-order valence-corrected chi connectivity index (χ4v) is 0.157. The normalized spacial score (nSPS) is 13.3. The molecule has 0 aromatic rings. The van der Waals surface area contributed by atoms with Crippen molar-refractivity contribution in [3.63, 3.8) is 0 Å². The second-order valence-corrected chi connectivity index (χ2v) is 1.70. The van der Waals surface area contributed by atoms with E-state index < -0.39 is 17.7 Å². The molecular formula is C3H7NO6. The maximum absolute atomic E-state index is 9.77. The Bertz CT molecular complexity index is 146. The van der Waals surface area contributed by atoms with Gasteiger partial charge in [-0.3, -0.25) is 5.73 Å². The molecule has 0 bridgehead atoms. The predicted octanol–water partition coefficient (Wildman–Crippen LogP) is -3.65. The van der Waals surface area contributed by atoms with E-state index in [0.717, 1.165) is 0 Å². The summed E-state index contributed by atoms with van der Waals surface area (Å²) in [5.41, 5.74) is 4.24. The zero-order valence-corrected chi connectivity index (χ0v) is 4.72. The molecule has 0 unspecified atom stereocenters.